The standard InChI is InChI=1S/C20H25Cl/c1-13(2)17-16(15-10-8-7-9-11-15)12-14(3)18(19(17)21)20(4,5)6/h7-13H,1-6H3. The highest BCUT2D eigenvalue weighted by Crippen LogP contribution is 2.42. The van der Waals surface area contributed by atoms with Crippen LogP contribution in [0.15, 0.2) is 36.4 Å². The normalized spacial score (nSPS) is 12.0. The molecule has 0 heterocycles. The van der Waals surface area contributed by atoms with E-state index in [1.807, 2.05) is 0 Å². The zero-order valence-electron chi connectivity index (χ0n) is 13.9. The molecule has 2 rings (SSSR count). The minimum absolute atomic E-state index is 0.0556. The molecule has 0 saturated carbocycles. The number of hydrogen-bond donors (Lipinski definition) is 0. The summed E-state index contributed by atoms with van der Waals surface area (Å²) in [6, 6.07) is 12.8. The van der Waals surface area contributed by atoms with Gasteiger partial charge in [0, 0.05) is 5.02 Å². The predicted octanol–water partition coefficient (Wildman–Crippen LogP) is 6.74. The molecule has 0 aromatic heterocycles. The summed E-state index contributed by atoms with van der Waals surface area (Å²) in [5.74, 6) is 0.398. The summed E-state index contributed by atoms with van der Waals surface area (Å²) in [4.78, 5) is 0. The summed E-state index contributed by atoms with van der Waals surface area (Å²) in [6.45, 7) is 13.3. The largest absolute Gasteiger partial charge is 0.0837 e. The zero-order valence-corrected chi connectivity index (χ0v) is 14.7. The number of halogens is 1. The molecule has 1 heteroatoms. The van der Waals surface area contributed by atoms with Crippen molar-refractivity contribution in [2.75, 3.05) is 0 Å². The molecule has 0 aliphatic rings. The molecule has 0 atom stereocenters. The third-order valence-corrected chi connectivity index (χ3v) is 4.31. The molecule has 112 valence electrons. The van der Waals surface area contributed by atoms with Gasteiger partial charge in [-0.2, -0.15) is 0 Å². The van der Waals surface area contributed by atoms with Gasteiger partial charge in [0.05, 0.1) is 0 Å². The van der Waals surface area contributed by atoms with Gasteiger partial charge in [-0.05, 0) is 46.1 Å². The smallest absolute Gasteiger partial charge is 0.0486 e. The van der Waals surface area contributed by atoms with Crippen molar-refractivity contribution in [1.29, 1.82) is 0 Å². The Kier molecular flexibility index (Phi) is 4.49. The number of aryl methyl sites for hydroxylation is 1. The second-order valence-electron chi connectivity index (χ2n) is 7.11. The number of rotatable bonds is 2. The fraction of sp³-hybridized carbons (Fsp3) is 0.400. The van der Waals surface area contributed by atoms with Crippen LogP contribution < -0.4 is 0 Å². The highest BCUT2D eigenvalue weighted by molar-refractivity contribution is 6.33. The molecule has 0 nitrogen and oxygen atoms in total. The van der Waals surface area contributed by atoms with Gasteiger partial charge in [0.25, 0.3) is 0 Å². The Labute approximate surface area is 134 Å². The number of benzene rings is 2. The zero-order chi connectivity index (χ0) is 15.8. The first-order valence-corrected chi connectivity index (χ1v) is 8.00. The van der Waals surface area contributed by atoms with Gasteiger partial charge in [0.1, 0.15) is 0 Å². The quantitative estimate of drug-likeness (QED) is 0.576. The lowest BCUT2D eigenvalue weighted by molar-refractivity contribution is 0.585. The molecule has 0 radical (unpaired) electrons. The summed E-state index contributed by atoms with van der Waals surface area (Å²) in [6.07, 6.45) is 0. The van der Waals surface area contributed by atoms with Crippen molar-refractivity contribution in [2.45, 2.75) is 52.9 Å². The minimum atomic E-state index is 0.0556. The first-order chi connectivity index (χ1) is 9.73. The van der Waals surface area contributed by atoms with Crippen LogP contribution in [0.3, 0.4) is 0 Å². The molecule has 0 aliphatic carbocycles. The third kappa shape index (κ3) is 3.16. The van der Waals surface area contributed by atoms with E-state index >= 15 is 0 Å². The molecule has 0 N–H and O–H groups in total. The molecular formula is C20H25Cl. The Morgan fingerprint density at radius 1 is 1.00 bits per heavy atom. The van der Waals surface area contributed by atoms with Crippen LogP contribution in [0.1, 0.15) is 57.2 Å². The molecule has 0 amide bonds. The second kappa shape index (κ2) is 5.85. The topological polar surface area (TPSA) is 0 Å². The van der Waals surface area contributed by atoms with E-state index in [4.69, 9.17) is 11.6 Å². The first kappa shape index (κ1) is 16.1. The van der Waals surface area contributed by atoms with Gasteiger partial charge < -0.3 is 0 Å². The predicted molar refractivity (Wildman–Crippen MR) is 94.4 cm³/mol. The van der Waals surface area contributed by atoms with Crippen molar-refractivity contribution in [3.63, 3.8) is 0 Å². The van der Waals surface area contributed by atoms with Crippen molar-refractivity contribution in [3.05, 3.63) is 58.1 Å². The Bertz CT molecular complexity index is 631. The molecule has 0 aliphatic heterocycles. The second-order valence-corrected chi connectivity index (χ2v) is 7.49. The molecule has 2 aromatic carbocycles. The van der Waals surface area contributed by atoms with Gasteiger partial charge in [-0.25, -0.2) is 0 Å². The average molecular weight is 301 g/mol. The molecule has 0 unspecified atom stereocenters. The fourth-order valence-corrected chi connectivity index (χ4v) is 3.89. The fourth-order valence-electron chi connectivity index (χ4n) is 3.13. The molecule has 21 heavy (non-hydrogen) atoms. The lowest BCUT2D eigenvalue weighted by Crippen LogP contribution is -2.16. The van der Waals surface area contributed by atoms with Crippen LogP contribution in [0.5, 0.6) is 0 Å². The van der Waals surface area contributed by atoms with E-state index in [1.165, 1.54) is 27.8 Å². The van der Waals surface area contributed by atoms with Crippen molar-refractivity contribution in [2.24, 2.45) is 0 Å². The Morgan fingerprint density at radius 2 is 1.57 bits per heavy atom. The summed E-state index contributed by atoms with van der Waals surface area (Å²) in [5.41, 5.74) is 6.37. The lowest BCUT2D eigenvalue weighted by Gasteiger charge is -2.28. The summed E-state index contributed by atoms with van der Waals surface area (Å²) in [5, 5.41) is 0.941. The van der Waals surface area contributed by atoms with Gasteiger partial charge in [0.15, 0.2) is 0 Å². The van der Waals surface area contributed by atoms with Crippen LogP contribution in [0.2, 0.25) is 5.02 Å². The maximum Gasteiger partial charge on any atom is 0.0486 e. The summed E-state index contributed by atoms with van der Waals surface area (Å²) in [7, 11) is 0. The van der Waals surface area contributed by atoms with Crippen LogP contribution in [0, 0.1) is 6.92 Å². The van der Waals surface area contributed by atoms with Gasteiger partial charge >= 0.3 is 0 Å². The summed E-state index contributed by atoms with van der Waals surface area (Å²) < 4.78 is 0. The molecule has 0 fully saturated rings. The van der Waals surface area contributed by atoms with Crippen molar-refractivity contribution >= 4 is 11.6 Å². The monoisotopic (exact) mass is 300 g/mol. The highest BCUT2D eigenvalue weighted by atomic mass is 35.5. The lowest BCUT2D eigenvalue weighted by atomic mass is 9.79. The maximum absolute atomic E-state index is 6.85. The average Bonchev–Trinajstić information content (AvgIpc) is 2.36. The van der Waals surface area contributed by atoms with E-state index in [1.54, 1.807) is 0 Å². The summed E-state index contributed by atoms with van der Waals surface area (Å²) >= 11 is 6.85. The number of hydrogen-bond acceptors (Lipinski definition) is 0. The van der Waals surface area contributed by atoms with E-state index in [2.05, 4.69) is 77.9 Å². The van der Waals surface area contributed by atoms with E-state index in [9.17, 15) is 0 Å². The van der Waals surface area contributed by atoms with Crippen LogP contribution >= 0.6 is 11.6 Å². The molecule has 0 spiro atoms. The van der Waals surface area contributed by atoms with Crippen LogP contribution in [-0.4, -0.2) is 0 Å². The van der Waals surface area contributed by atoms with E-state index in [0.717, 1.165) is 5.02 Å². The van der Waals surface area contributed by atoms with Gasteiger partial charge in [-0.3, -0.25) is 0 Å². The van der Waals surface area contributed by atoms with Crippen molar-refractivity contribution in [1.82, 2.24) is 0 Å². The molecular weight excluding hydrogens is 276 g/mol. The minimum Gasteiger partial charge on any atom is -0.0837 e. The third-order valence-electron chi connectivity index (χ3n) is 3.91. The molecule has 0 bridgehead atoms. The van der Waals surface area contributed by atoms with Gasteiger partial charge in [0.2, 0.25) is 0 Å². The van der Waals surface area contributed by atoms with E-state index in [0.29, 0.717) is 5.92 Å². The van der Waals surface area contributed by atoms with Crippen molar-refractivity contribution in [3.8, 4) is 11.1 Å². The molecule has 0 saturated heterocycles. The van der Waals surface area contributed by atoms with E-state index < -0.39 is 0 Å². The van der Waals surface area contributed by atoms with Crippen molar-refractivity contribution < 1.29 is 0 Å². The Morgan fingerprint density at radius 3 is 2.05 bits per heavy atom. The molecule has 2 aromatic rings. The Balaban J connectivity index is 2.80. The first-order valence-electron chi connectivity index (χ1n) is 7.62. The Hall–Kier alpha value is -1.27. The highest BCUT2D eigenvalue weighted by Gasteiger charge is 2.25. The van der Waals surface area contributed by atoms with Crippen LogP contribution in [0.25, 0.3) is 11.1 Å². The van der Waals surface area contributed by atoms with Crippen LogP contribution in [-0.2, 0) is 5.41 Å². The maximum atomic E-state index is 6.85. The SMILES string of the molecule is Cc1cc(-c2ccccc2)c(C(C)C)c(Cl)c1C(C)(C)C. The van der Waals surface area contributed by atoms with E-state index in [-0.39, 0.29) is 5.41 Å². The van der Waals surface area contributed by atoms with Gasteiger partial charge in [-0.1, -0.05) is 82.6 Å². The van der Waals surface area contributed by atoms with Crippen LogP contribution in [0.4, 0.5) is 0 Å². The van der Waals surface area contributed by atoms with Gasteiger partial charge in [-0.15, -0.1) is 0 Å².